The summed E-state index contributed by atoms with van der Waals surface area (Å²) in [5.41, 5.74) is 0. The molecule has 0 radical (unpaired) electrons. The zero-order chi connectivity index (χ0) is 17.3. The van der Waals surface area contributed by atoms with Gasteiger partial charge in [-0.05, 0) is 6.42 Å². The third-order valence-corrected chi connectivity index (χ3v) is 4.21. The summed E-state index contributed by atoms with van der Waals surface area (Å²) in [4.78, 5) is 22.6. The molecule has 0 fully saturated rings. The fourth-order valence-electron chi connectivity index (χ4n) is 2.83. The van der Waals surface area contributed by atoms with Crippen LogP contribution in [-0.2, 0) is 14.3 Å². The second kappa shape index (κ2) is 15.8. The number of carbonyl (C=O) groups is 2. The molecule has 0 rings (SSSR count). The highest BCUT2D eigenvalue weighted by Gasteiger charge is 2.19. The maximum absolute atomic E-state index is 11.5. The average molecular weight is 328 g/mol. The van der Waals surface area contributed by atoms with E-state index in [1.54, 1.807) is 0 Å². The standard InChI is InChI=1S/C19H37NO3/c1-4-5-6-7-8-9-10-11-12-13-14-15-16-18(19(22)23-3)20-17(2)21/h18H,4-16H2,1-3H3,(H,20,21). The second-order valence-corrected chi connectivity index (χ2v) is 6.45. The molecule has 0 aromatic rings. The van der Waals surface area contributed by atoms with E-state index < -0.39 is 6.04 Å². The van der Waals surface area contributed by atoms with Crippen LogP contribution in [0.25, 0.3) is 0 Å². The Morgan fingerprint density at radius 2 is 1.26 bits per heavy atom. The van der Waals surface area contributed by atoms with Gasteiger partial charge < -0.3 is 10.1 Å². The van der Waals surface area contributed by atoms with Crippen molar-refractivity contribution in [3.63, 3.8) is 0 Å². The zero-order valence-electron chi connectivity index (χ0n) is 15.5. The van der Waals surface area contributed by atoms with Gasteiger partial charge in [-0.2, -0.15) is 0 Å². The van der Waals surface area contributed by atoms with E-state index in [0.717, 1.165) is 12.8 Å². The van der Waals surface area contributed by atoms with Gasteiger partial charge in [-0.25, -0.2) is 4.79 Å². The largest absolute Gasteiger partial charge is 0.467 e. The molecule has 0 spiro atoms. The zero-order valence-corrected chi connectivity index (χ0v) is 15.5. The molecule has 1 amide bonds. The van der Waals surface area contributed by atoms with Gasteiger partial charge in [0.05, 0.1) is 7.11 Å². The fraction of sp³-hybridized carbons (Fsp3) is 0.895. The minimum atomic E-state index is -0.486. The quantitative estimate of drug-likeness (QED) is 0.349. The van der Waals surface area contributed by atoms with E-state index in [2.05, 4.69) is 12.2 Å². The van der Waals surface area contributed by atoms with Crippen LogP contribution >= 0.6 is 0 Å². The fourth-order valence-corrected chi connectivity index (χ4v) is 2.83. The first-order valence-electron chi connectivity index (χ1n) is 9.46. The van der Waals surface area contributed by atoms with Gasteiger partial charge in [-0.1, -0.05) is 84.0 Å². The van der Waals surface area contributed by atoms with Crippen LogP contribution in [0.15, 0.2) is 0 Å². The van der Waals surface area contributed by atoms with Gasteiger partial charge in [0.25, 0.3) is 0 Å². The summed E-state index contributed by atoms with van der Waals surface area (Å²) in [6, 6.07) is -0.486. The number of esters is 1. The van der Waals surface area contributed by atoms with Gasteiger partial charge in [-0.15, -0.1) is 0 Å². The van der Waals surface area contributed by atoms with E-state index in [0.29, 0.717) is 6.42 Å². The number of amides is 1. The van der Waals surface area contributed by atoms with Crippen LogP contribution in [-0.4, -0.2) is 25.0 Å². The molecule has 1 atom stereocenters. The number of methoxy groups -OCH3 is 1. The van der Waals surface area contributed by atoms with Crippen molar-refractivity contribution in [2.75, 3.05) is 7.11 Å². The monoisotopic (exact) mass is 327 g/mol. The highest BCUT2D eigenvalue weighted by atomic mass is 16.5. The molecule has 0 aliphatic heterocycles. The molecule has 0 aliphatic rings. The molecule has 4 heteroatoms. The van der Waals surface area contributed by atoms with Crippen LogP contribution in [0.2, 0.25) is 0 Å². The van der Waals surface area contributed by atoms with Gasteiger partial charge in [0, 0.05) is 6.92 Å². The van der Waals surface area contributed by atoms with Gasteiger partial charge in [0.1, 0.15) is 6.04 Å². The Bertz CT molecular complexity index is 305. The number of ether oxygens (including phenoxy) is 1. The number of unbranched alkanes of at least 4 members (excludes halogenated alkanes) is 11. The van der Waals surface area contributed by atoms with Crippen molar-refractivity contribution in [2.24, 2.45) is 0 Å². The van der Waals surface area contributed by atoms with Crippen molar-refractivity contribution in [1.29, 1.82) is 0 Å². The summed E-state index contributed by atoms with van der Waals surface area (Å²) >= 11 is 0. The summed E-state index contributed by atoms with van der Waals surface area (Å²) in [7, 11) is 1.36. The predicted molar refractivity (Wildman–Crippen MR) is 95.3 cm³/mol. The highest BCUT2D eigenvalue weighted by molar-refractivity contribution is 5.83. The van der Waals surface area contributed by atoms with Crippen LogP contribution in [0.5, 0.6) is 0 Å². The van der Waals surface area contributed by atoms with E-state index in [4.69, 9.17) is 4.74 Å². The Hall–Kier alpha value is -1.06. The summed E-state index contributed by atoms with van der Waals surface area (Å²) in [5, 5.41) is 2.66. The van der Waals surface area contributed by atoms with Gasteiger partial charge in [-0.3, -0.25) is 4.79 Å². The first kappa shape index (κ1) is 21.9. The molecular formula is C19H37NO3. The van der Waals surface area contributed by atoms with Crippen molar-refractivity contribution in [3.8, 4) is 0 Å². The molecule has 23 heavy (non-hydrogen) atoms. The summed E-state index contributed by atoms with van der Waals surface area (Å²) in [5.74, 6) is -0.525. The Morgan fingerprint density at radius 1 is 0.826 bits per heavy atom. The molecule has 0 bridgehead atoms. The minimum Gasteiger partial charge on any atom is -0.467 e. The van der Waals surface area contributed by atoms with E-state index in [1.807, 2.05) is 0 Å². The van der Waals surface area contributed by atoms with E-state index in [9.17, 15) is 9.59 Å². The third-order valence-electron chi connectivity index (χ3n) is 4.21. The van der Waals surface area contributed by atoms with Crippen LogP contribution < -0.4 is 5.32 Å². The third kappa shape index (κ3) is 14.3. The number of rotatable bonds is 15. The molecule has 0 aromatic heterocycles. The normalized spacial score (nSPS) is 12.0. The van der Waals surface area contributed by atoms with Crippen molar-refractivity contribution in [3.05, 3.63) is 0 Å². The Kier molecular flexibility index (Phi) is 15.1. The van der Waals surface area contributed by atoms with Crippen LogP contribution in [0.4, 0.5) is 0 Å². The second-order valence-electron chi connectivity index (χ2n) is 6.45. The number of carbonyl (C=O) groups excluding carboxylic acids is 2. The summed E-state index contributed by atoms with van der Waals surface area (Å²) in [6.07, 6.45) is 16.1. The summed E-state index contributed by atoms with van der Waals surface area (Å²) in [6.45, 7) is 3.68. The van der Waals surface area contributed by atoms with Crippen LogP contribution in [0.3, 0.4) is 0 Å². The van der Waals surface area contributed by atoms with Gasteiger partial charge in [0.2, 0.25) is 5.91 Å². The average Bonchev–Trinajstić information content (AvgIpc) is 2.53. The Morgan fingerprint density at radius 3 is 1.65 bits per heavy atom. The van der Waals surface area contributed by atoms with Crippen molar-refractivity contribution in [1.82, 2.24) is 5.32 Å². The summed E-state index contributed by atoms with van der Waals surface area (Å²) < 4.78 is 4.72. The van der Waals surface area contributed by atoms with Crippen LogP contribution in [0, 0.1) is 0 Å². The van der Waals surface area contributed by atoms with Crippen LogP contribution in [0.1, 0.15) is 97.3 Å². The Labute approximate surface area is 142 Å². The lowest BCUT2D eigenvalue weighted by Crippen LogP contribution is -2.40. The SMILES string of the molecule is CCCCCCCCCCCCCCC(NC(C)=O)C(=O)OC. The molecule has 4 nitrogen and oxygen atoms in total. The molecule has 0 heterocycles. The molecule has 0 aliphatic carbocycles. The molecule has 0 saturated heterocycles. The van der Waals surface area contributed by atoms with E-state index in [1.165, 1.54) is 78.2 Å². The predicted octanol–water partition coefficient (Wildman–Crippen LogP) is 4.76. The van der Waals surface area contributed by atoms with Gasteiger partial charge in [0.15, 0.2) is 0 Å². The highest BCUT2D eigenvalue weighted by Crippen LogP contribution is 2.13. The van der Waals surface area contributed by atoms with Crippen molar-refractivity contribution < 1.29 is 14.3 Å². The lowest BCUT2D eigenvalue weighted by Gasteiger charge is -2.15. The lowest BCUT2D eigenvalue weighted by atomic mass is 10.0. The number of hydrogen-bond acceptors (Lipinski definition) is 3. The first-order chi connectivity index (χ1) is 11.1. The van der Waals surface area contributed by atoms with E-state index >= 15 is 0 Å². The smallest absolute Gasteiger partial charge is 0.328 e. The van der Waals surface area contributed by atoms with Gasteiger partial charge >= 0.3 is 5.97 Å². The lowest BCUT2D eigenvalue weighted by molar-refractivity contribution is -0.145. The Balaban J connectivity index is 3.45. The van der Waals surface area contributed by atoms with E-state index in [-0.39, 0.29) is 11.9 Å². The minimum absolute atomic E-state index is 0.181. The topological polar surface area (TPSA) is 55.4 Å². The molecule has 1 unspecified atom stereocenters. The first-order valence-corrected chi connectivity index (χ1v) is 9.46. The maximum atomic E-state index is 11.5. The van der Waals surface area contributed by atoms with Crippen molar-refractivity contribution in [2.45, 2.75) is 103 Å². The molecular weight excluding hydrogens is 290 g/mol. The molecule has 1 N–H and O–H groups in total. The number of nitrogens with one attached hydrogen (secondary N) is 1. The molecule has 0 saturated carbocycles. The number of hydrogen-bond donors (Lipinski definition) is 1. The van der Waals surface area contributed by atoms with Crippen molar-refractivity contribution >= 4 is 11.9 Å². The molecule has 0 aromatic carbocycles. The molecule has 136 valence electrons. The maximum Gasteiger partial charge on any atom is 0.328 e.